The summed E-state index contributed by atoms with van der Waals surface area (Å²) in [6, 6.07) is 2.58. The van der Waals surface area contributed by atoms with E-state index in [1.165, 1.54) is 26.4 Å². The van der Waals surface area contributed by atoms with Gasteiger partial charge < -0.3 is 14.0 Å². The molecule has 2 rings (SSSR count). The van der Waals surface area contributed by atoms with Gasteiger partial charge in [-0.1, -0.05) is 5.16 Å². The Balaban J connectivity index is 2.73. The average molecular weight is 278 g/mol. The lowest BCUT2D eigenvalue weighted by Gasteiger charge is -2.09. The minimum atomic E-state index is -0.597. The normalized spacial score (nSPS) is 10.1. The van der Waals surface area contributed by atoms with Gasteiger partial charge in [0.15, 0.2) is 17.8 Å². The van der Waals surface area contributed by atoms with E-state index in [2.05, 4.69) is 9.68 Å². The Morgan fingerprint density at radius 3 is 2.50 bits per heavy atom. The van der Waals surface area contributed by atoms with Crippen LogP contribution in [0.1, 0.15) is 10.4 Å². The van der Waals surface area contributed by atoms with E-state index in [4.69, 9.17) is 9.47 Å². The number of benzene rings is 1. The maximum absolute atomic E-state index is 11.1. The third kappa shape index (κ3) is 2.18. The molecule has 0 aliphatic rings. The van der Waals surface area contributed by atoms with Gasteiger partial charge in [-0.2, -0.15) is 0 Å². The van der Waals surface area contributed by atoms with Crippen molar-refractivity contribution in [1.82, 2.24) is 5.16 Å². The number of carbonyl (C=O) groups is 1. The molecule has 1 aromatic heterocycles. The molecule has 0 fully saturated rings. The van der Waals surface area contributed by atoms with Gasteiger partial charge in [-0.25, -0.2) is 0 Å². The van der Waals surface area contributed by atoms with Gasteiger partial charge in [0.2, 0.25) is 0 Å². The lowest BCUT2D eigenvalue weighted by molar-refractivity contribution is -0.384. The van der Waals surface area contributed by atoms with E-state index in [0.717, 1.165) is 6.26 Å². The fourth-order valence-corrected chi connectivity index (χ4v) is 1.74. The molecule has 8 heteroatoms. The number of carbonyl (C=O) groups excluding carboxylic acids is 1. The largest absolute Gasteiger partial charge is 0.493 e. The number of nitro benzene ring substituents is 1. The summed E-state index contributed by atoms with van der Waals surface area (Å²) in [7, 11) is 2.77. The molecule has 0 aliphatic carbocycles. The summed E-state index contributed by atoms with van der Waals surface area (Å²) in [6.45, 7) is 0. The summed E-state index contributed by atoms with van der Waals surface area (Å²) < 4.78 is 14.8. The maximum atomic E-state index is 11.1. The minimum Gasteiger partial charge on any atom is -0.493 e. The highest BCUT2D eigenvalue weighted by Gasteiger charge is 2.24. The highest BCUT2D eigenvalue weighted by atomic mass is 16.6. The number of hydrogen-bond donors (Lipinski definition) is 0. The number of aldehydes is 1. The van der Waals surface area contributed by atoms with Crippen LogP contribution in [0.2, 0.25) is 0 Å². The second-order valence-electron chi connectivity index (χ2n) is 3.72. The lowest BCUT2D eigenvalue weighted by atomic mass is 10.1. The Bertz CT molecular complexity index is 664. The summed E-state index contributed by atoms with van der Waals surface area (Å²) in [5.74, 6) is 0.493. The van der Waals surface area contributed by atoms with Crippen LogP contribution in [-0.4, -0.2) is 30.6 Å². The van der Waals surface area contributed by atoms with Crippen molar-refractivity contribution in [3.05, 3.63) is 34.1 Å². The van der Waals surface area contributed by atoms with Crippen molar-refractivity contribution in [2.75, 3.05) is 14.2 Å². The van der Waals surface area contributed by atoms with Crippen molar-refractivity contribution in [3.8, 4) is 22.8 Å². The Hall–Kier alpha value is -2.90. The predicted octanol–water partition coefficient (Wildman–Crippen LogP) is 2.08. The summed E-state index contributed by atoms with van der Waals surface area (Å²) in [5, 5.41) is 14.8. The van der Waals surface area contributed by atoms with Crippen molar-refractivity contribution >= 4 is 12.0 Å². The fourth-order valence-electron chi connectivity index (χ4n) is 1.74. The van der Waals surface area contributed by atoms with E-state index in [-0.39, 0.29) is 34.0 Å². The Morgan fingerprint density at radius 1 is 1.30 bits per heavy atom. The van der Waals surface area contributed by atoms with Gasteiger partial charge >= 0.3 is 0 Å². The predicted molar refractivity (Wildman–Crippen MR) is 67.1 cm³/mol. The fraction of sp³-hybridized carbons (Fsp3) is 0.167. The zero-order valence-electron chi connectivity index (χ0n) is 10.7. The highest BCUT2D eigenvalue weighted by molar-refractivity contribution is 5.88. The number of rotatable bonds is 5. The number of hydrogen-bond acceptors (Lipinski definition) is 7. The molecule has 1 aromatic carbocycles. The molecule has 0 spiro atoms. The third-order valence-corrected chi connectivity index (χ3v) is 2.68. The number of nitro groups is 1. The molecule has 0 unspecified atom stereocenters. The van der Waals surface area contributed by atoms with Crippen LogP contribution < -0.4 is 9.47 Å². The Kier molecular flexibility index (Phi) is 3.65. The molecule has 0 aliphatic heterocycles. The molecule has 0 radical (unpaired) electrons. The Labute approximate surface area is 113 Å². The first-order valence-corrected chi connectivity index (χ1v) is 5.42. The molecule has 1 heterocycles. The quantitative estimate of drug-likeness (QED) is 0.468. The van der Waals surface area contributed by atoms with E-state index >= 15 is 0 Å². The molecule has 0 bridgehead atoms. The van der Waals surface area contributed by atoms with Gasteiger partial charge in [0, 0.05) is 6.07 Å². The van der Waals surface area contributed by atoms with Crippen LogP contribution in [0.3, 0.4) is 0 Å². The van der Waals surface area contributed by atoms with E-state index < -0.39 is 4.92 Å². The zero-order valence-corrected chi connectivity index (χ0v) is 10.7. The van der Waals surface area contributed by atoms with Crippen LogP contribution >= 0.6 is 0 Å². The summed E-state index contributed by atoms with van der Waals surface area (Å²) >= 11 is 0. The lowest BCUT2D eigenvalue weighted by Crippen LogP contribution is -1.98. The van der Waals surface area contributed by atoms with E-state index in [0.29, 0.717) is 6.29 Å². The van der Waals surface area contributed by atoms with Crippen LogP contribution in [-0.2, 0) is 0 Å². The zero-order chi connectivity index (χ0) is 14.7. The topological polar surface area (TPSA) is 105 Å². The molecule has 2 aromatic rings. The van der Waals surface area contributed by atoms with Gasteiger partial charge in [0.05, 0.1) is 36.3 Å². The van der Waals surface area contributed by atoms with Crippen molar-refractivity contribution in [2.24, 2.45) is 0 Å². The summed E-state index contributed by atoms with van der Waals surface area (Å²) in [4.78, 5) is 21.4. The molecule has 0 N–H and O–H groups in total. The highest BCUT2D eigenvalue weighted by Crippen LogP contribution is 2.40. The van der Waals surface area contributed by atoms with Gasteiger partial charge in [0.1, 0.15) is 12.0 Å². The minimum absolute atomic E-state index is 0.0765. The number of methoxy groups -OCH3 is 2. The molecule has 8 nitrogen and oxygen atoms in total. The van der Waals surface area contributed by atoms with Gasteiger partial charge in [0.25, 0.3) is 5.69 Å². The van der Waals surface area contributed by atoms with E-state index in [1.807, 2.05) is 0 Å². The van der Waals surface area contributed by atoms with Gasteiger partial charge in [-0.05, 0) is 0 Å². The second kappa shape index (κ2) is 5.39. The smallest absolute Gasteiger partial charge is 0.282 e. The van der Waals surface area contributed by atoms with Crippen molar-refractivity contribution in [1.29, 1.82) is 0 Å². The SMILES string of the molecule is COc1cc(-c2nocc2C=O)c([N+](=O)[O-])cc1OC. The van der Waals surface area contributed by atoms with Crippen LogP contribution in [0.15, 0.2) is 22.9 Å². The van der Waals surface area contributed by atoms with Crippen molar-refractivity contribution in [2.45, 2.75) is 0 Å². The van der Waals surface area contributed by atoms with Crippen LogP contribution in [0, 0.1) is 10.1 Å². The first kappa shape index (κ1) is 13.5. The maximum Gasteiger partial charge on any atom is 0.282 e. The molecular weight excluding hydrogens is 268 g/mol. The van der Waals surface area contributed by atoms with Gasteiger partial charge in [-0.3, -0.25) is 14.9 Å². The van der Waals surface area contributed by atoms with Crippen LogP contribution in [0.5, 0.6) is 11.5 Å². The molecule has 20 heavy (non-hydrogen) atoms. The monoisotopic (exact) mass is 278 g/mol. The first-order valence-electron chi connectivity index (χ1n) is 5.42. The molecule has 0 saturated carbocycles. The van der Waals surface area contributed by atoms with Crippen LogP contribution in [0.4, 0.5) is 5.69 Å². The third-order valence-electron chi connectivity index (χ3n) is 2.68. The Morgan fingerprint density at radius 2 is 1.95 bits per heavy atom. The number of aromatic nitrogens is 1. The second-order valence-corrected chi connectivity index (χ2v) is 3.72. The number of nitrogens with zero attached hydrogens (tertiary/aromatic N) is 2. The van der Waals surface area contributed by atoms with E-state index in [1.54, 1.807) is 0 Å². The first-order chi connectivity index (χ1) is 9.62. The molecule has 0 atom stereocenters. The van der Waals surface area contributed by atoms with Crippen LogP contribution in [0.25, 0.3) is 11.3 Å². The average Bonchev–Trinajstić information content (AvgIpc) is 2.93. The molecular formula is C12H10N2O6. The molecule has 0 saturated heterocycles. The standard InChI is InChI=1S/C12H10N2O6/c1-18-10-3-8(12-7(5-15)6-20-13-12)9(14(16)17)4-11(10)19-2/h3-6H,1-2H3. The van der Waals surface area contributed by atoms with Crippen molar-refractivity contribution in [3.63, 3.8) is 0 Å². The summed E-state index contributed by atoms with van der Waals surface area (Å²) in [5.41, 5.74) is 0.0381. The molecule has 0 amide bonds. The molecule has 104 valence electrons. The number of ether oxygens (including phenoxy) is 2. The van der Waals surface area contributed by atoms with Gasteiger partial charge in [-0.15, -0.1) is 0 Å². The van der Waals surface area contributed by atoms with Crippen molar-refractivity contribution < 1.29 is 23.7 Å². The summed E-state index contributed by atoms with van der Waals surface area (Å²) in [6.07, 6.45) is 1.62. The van der Waals surface area contributed by atoms with E-state index in [9.17, 15) is 14.9 Å².